The molecule has 0 aliphatic carbocycles. The lowest BCUT2D eigenvalue weighted by atomic mass is 9.98. The molecule has 20 heavy (non-hydrogen) atoms. The van der Waals surface area contributed by atoms with Crippen LogP contribution in [0.5, 0.6) is 0 Å². The van der Waals surface area contributed by atoms with Crippen LogP contribution in [-0.2, 0) is 6.42 Å². The molecule has 2 rings (SSSR count). The van der Waals surface area contributed by atoms with Crippen molar-refractivity contribution in [2.75, 3.05) is 0 Å². The zero-order chi connectivity index (χ0) is 14.4. The van der Waals surface area contributed by atoms with Crippen LogP contribution in [0.4, 0.5) is 0 Å². The Morgan fingerprint density at radius 2 is 1.70 bits per heavy atom. The molecule has 0 nitrogen and oxygen atoms in total. The molecule has 0 spiro atoms. The fourth-order valence-corrected chi connectivity index (χ4v) is 2.23. The maximum absolute atomic E-state index is 2.33. The summed E-state index contributed by atoms with van der Waals surface area (Å²) in [5, 5.41) is 0. The van der Waals surface area contributed by atoms with Crippen LogP contribution in [0.3, 0.4) is 0 Å². The van der Waals surface area contributed by atoms with Crippen molar-refractivity contribution in [3.63, 3.8) is 0 Å². The Labute approximate surface area is 123 Å². The number of benzene rings is 2. The molecular weight excluding hydrogens is 240 g/mol. The Kier molecular flexibility index (Phi) is 5.17. The van der Waals surface area contributed by atoms with Gasteiger partial charge in [-0.15, -0.1) is 0 Å². The van der Waals surface area contributed by atoms with Gasteiger partial charge in [0.1, 0.15) is 0 Å². The van der Waals surface area contributed by atoms with Crippen molar-refractivity contribution >= 4 is 12.2 Å². The third-order valence-corrected chi connectivity index (χ3v) is 3.61. The van der Waals surface area contributed by atoms with Gasteiger partial charge in [0.2, 0.25) is 0 Å². The minimum Gasteiger partial charge on any atom is -0.0628 e. The van der Waals surface area contributed by atoms with Gasteiger partial charge in [-0.3, -0.25) is 0 Å². The van der Waals surface area contributed by atoms with Crippen molar-refractivity contribution < 1.29 is 0 Å². The van der Waals surface area contributed by atoms with Gasteiger partial charge in [-0.25, -0.2) is 0 Å². The zero-order valence-electron chi connectivity index (χ0n) is 12.8. The first-order valence-electron chi connectivity index (χ1n) is 7.48. The summed E-state index contributed by atoms with van der Waals surface area (Å²) in [7, 11) is 0. The zero-order valence-corrected chi connectivity index (χ0v) is 12.8. The van der Waals surface area contributed by atoms with E-state index in [1.54, 1.807) is 0 Å². The molecule has 0 saturated heterocycles. The van der Waals surface area contributed by atoms with Crippen LogP contribution in [0.25, 0.3) is 12.2 Å². The molecule has 0 unspecified atom stereocenters. The number of rotatable bonds is 5. The second-order valence-corrected chi connectivity index (χ2v) is 5.87. The van der Waals surface area contributed by atoms with E-state index in [9.17, 15) is 0 Å². The smallest absolute Gasteiger partial charge is 0.0224 e. The Balaban J connectivity index is 2.14. The summed E-state index contributed by atoms with van der Waals surface area (Å²) >= 11 is 0. The topological polar surface area (TPSA) is 0 Å². The second-order valence-electron chi connectivity index (χ2n) is 5.87. The standard InChI is InChI=1S/C20H24/c1-16(2)9-11-19-12-10-17(3)20(15-19)14-13-18-7-5-4-6-8-18/h4-8,10,12-16H,9,11H2,1-3H3/b14-13+. The monoisotopic (exact) mass is 264 g/mol. The Morgan fingerprint density at radius 1 is 0.950 bits per heavy atom. The molecular formula is C20H24. The van der Waals surface area contributed by atoms with E-state index in [2.05, 4.69) is 81.5 Å². The lowest BCUT2D eigenvalue weighted by molar-refractivity contribution is 0.586. The average molecular weight is 264 g/mol. The first-order chi connectivity index (χ1) is 9.65. The molecule has 0 fully saturated rings. The van der Waals surface area contributed by atoms with E-state index in [1.165, 1.54) is 35.1 Å². The van der Waals surface area contributed by atoms with Gasteiger partial charge < -0.3 is 0 Å². The first-order valence-corrected chi connectivity index (χ1v) is 7.48. The average Bonchev–Trinajstić information content (AvgIpc) is 2.46. The van der Waals surface area contributed by atoms with Crippen molar-refractivity contribution in [2.24, 2.45) is 5.92 Å². The lowest BCUT2D eigenvalue weighted by Gasteiger charge is -2.07. The van der Waals surface area contributed by atoms with Crippen LogP contribution >= 0.6 is 0 Å². The van der Waals surface area contributed by atoms with Crippen LogP contribution in [0, 0.1) is 12.8 Å². The highest BCUT2D eigenvalue weighted by Crippen LogP contribution is 2.17. The van der Waals surface area contributed by atoms with E-state index >= 15 is 0 Å². The van der Waals surface area contributed by atoms with Gasteiger partial charge in [-0.05, 0) is 47.9 Å². The predicted molar refractivity (Wildman–Crippen MR) is 89.7 cm³/mol. The van der Waals surface area contributed by atoms with Gasteiger partial charge in [0, 0.05) is 0 Å². The highest BCUT2D eigenvalue weighted by molar-refractivity contribution is 5.71. The summed E-state index contributed by atoms with van der Waals surface area (Å²) < 4.78 is 0. The summed E-state index contributed by atoms with van der Waals surface area (Å²) in [6.07, 6.45) is 6.84. The summed E-state index contributed by atoms with van der Waals surface area (Å²) in [5.41, 5.74) is 5.36. The van der Waals surface area contributed by atoms with E-state index < -0.39 is 0 Å². The fourth-order valence-electron chi connectivity index (χ4n) is 2.23. The largest absolute Gasteiger partial charge is 0.0628 e. The van der Waals surface area contributed by atoms with Crippen LogP contribution in [-0.4, -0.2) is 0 Å². The molecule has 2 aromatic rings. The SMILES string of the molecule is Cc1ccc(CCC(C)C)cc1/C=C/c1ccccc1. The predicted octanol–water partition coefficient (Wildman–Crippen LogP) is 5.75. The van der Waals surface area contributed by atoms with E-state index in [1.807, 2.05) is 0 Å². The summed E-state index contributed by atoms with van der Waals surface area (Å²) in [4.78, 5) is 0. The highest BCUT2D eigenvalue weighted by atomic mass is 14.1. The van der Waals surface area contributed by atoms with Crippen molar-refractivity contribution in [1.82, 2.24) is 0 Å². The number of aryl methyl sites for hydroxylation is 2. The summed E-state index contributed by atoms with van der Waals surface area (Å²) in [6, 6.07) is 17.3. The van der Waals surface area contributed by atoms with Crippen LogP contribution in [0.2, 0.25) is 0 Å². The molecule has 0 heterocycles. The maximum atomic E-state index is 2.33. The Morgan fingerprint density at radius 3 is 2.40 bits per heavy atom. The molecule has 0 atom stereocenters. The van der Waals surface area contributed by atoms with Crippen molar-refractivity contribution in [3.05, 3.63) is 70.8 Å². The second kappa shape index (κ2) is 7.09. The Bertz CT molecular complexity index is 562. The van der Waals surface area contributed by atoms with Crippen LogP contribution < -0.4 is 0 Å². The van der Waals surface area contributed by atoms with E-state index in [4.69, 9.17) is 0 Å². The van der Waals surface area contributed by atoms with Crippen molar-refractivity contribution in [1.29, 1.82) is 0 Å². The molecule has 0 aromatic heterocycles. The van der Waals surface area contributed by atoms with Crippen molar-refractivity contribution in [3.8, 4) is 0 Å². The van der Waals surface area contributed by atoms with Gasteiger partial charge in [0.05, 0.1) is 0 Å². The molecule has 2 aromatic carbocycles. The quantitative estimate of drug-likeness (QED) is 0.603. The van der Waals surface area contributed by atoms with E-state index in [-0.39, 0.29) is 0 Å². The molecule has 0 N–H and O–H groups in total. The van der Waals surface area contributed by atoms with Gasteiger partial charge in [-0.1, -0.05) is 74.5 Å². The highest BCUT2D eigenvalue weighted by Gasteiger charge is 2.00. The van der Waals surface area contributed by atoms with Crippen LogP contribution in [0.1, 0.15) is 42.5 Å². The molecule has 0 bridgehead atoms. The molecule has 0 heteroatoms. The molecule has 104 valence electrons. The van der Waals surface area contributed by atoms with Gasteiger partial charge in [-0.2, -0.15) is 0 Å². The summed E-state index contributed by atoms with van der Waals surface area (Å²) in [6.45, 7) is 6.74. The van der Waals surface area contributed by atoms with E-state index in [0.29, 0.717) is 0 Å². The first kappa shape index (κ1) is 14.6. The third-order valence-electron chi connectivity index (χ3n) is 3.61. The molecule has 0 saturated carbocycles. The maximum Gasteiger partial charge on any atom is -0.0224 e. The molecule has 0 radical (unpaired) electrons. The van der Waals surface area contributed by atoms with Gasteiger partial charge in [0.25, 0.3) is 0 Å². The normalized spacial score (nSPS) is 11.4. The molecule has 0 aliphatic heterocycles. The minimum atomic E-state index is 0.764. The van der Waals surface area contributed by atoms with Gasteiger partial charge in [0.15, 0.2) is 0 Å². The minimum absolute atomic E-state index is 0.764. The van der Waals surface area contributed by atoms with Gasteiger partial charge >= 0.3 is 0 Å². The molecule has 0 amide bonds. The molecule has 0 aliphatic rings. The van der Waals surface area contributed by atoms with E-state index in [0.717, 1.165) is 5.92 Å². The third kappa shape index (κ3) is 4.38. The lowest BCUT2D eigenvalue weighted by Crippen LogP contribution is -1.93. The summed E-state index contributed by atoms with van der Waals surface area (Å²) in [5.74, 6) is 0.764. The van der Waals surface area contributed by atoms with Crippen LogP contribution in [0.15, 0.2) is 48.5 Å². The fraction of sp³-hybridized carbons (Fsp3) is 0.300. The van der Waals surface area contributed by atoms with Crippen molar-refractivity contribution in [2.45, 2.75) is 33.6 Å². The number of hydrogen-bond acceptors (Lipinski definition) is 0. The number of hydrogen-bond donors (Lipinski definition) is 0. The Hall–Kier alpha value is -1.82.